The van der Waals surface area contributed by atoms with Gasteiger partial charge in [-0.05, 0) is 5.92 Å². The van der Waals surface area contributed by atoms with Crippen LogP contribution in [0, 0.1) is 5.92 Å². The van der Waals surface area contributed by atoms with Gasteiger partial charge in [-0.15, -0.1) is 0 Å². The standard InChI is InChI=1S/C6H12S/c1-6(2)4-3-5-7/h3-4,6-7H,5H2,1-2H3. The van der Waals surface area contributed by atoms with Gasteiger partial charge in [0.2, 0.25) is 0 Å². The highest BCUT2D eigenvalue weighted by Crippen LogP contribution is 1.92. The van der Waals surface area contributed by atoms with Gasteiger partial charge in [-0.3, -0.25) is 0 Å². The van der Waals surface area contributed by atoms with Crippen LogP contribution in [0.1, 0.15) is 13.8 Å². The Morgan fingerprint density at radius 3 is 2.29 bits per heavy atom. The molecule has 1 heteroatoms. The van der Waals surface area contributed by atoms with Crippen LogP contribution in [-0.2, 0) is 0 Å². The Balaban J connectivity index is 3.08. The molecule has 0 amide bonds. The molecule has 0 saturated carbocycles. The third-order valence-electron chi connectivity index (χ3n) is 0.626. The summed E-state index contributed by atoms with van der Waals surface area (Å²) in [6, 6.07) is 0. The van der Waals surface area contributed by atoms with Gasteiger partial charge in [-0.25, -0.2) is 0 Å². The van der Waals surface area contributed by atoms with Gasteiger partial charge in [0, 0.05) is 5.75 Å². The molecule has 0 heterocycles. The van der Waals surface area contributed by atoms with Crippen molar-refractivity contribution in [2.24, 2.45) is 5.92 Å². The second-order valence-electron chi connectivity index (χ2n) is 1.85. The van der Waals surface area contributed by atoms with Gasteiger partial charge in [-0.1, -0.05) is 26.0 Å². The van der Waals surface area contributed by atoms with E-state index in [1.54, 1.807) is 0 Å². The van der Waals surface area contributed by atoms with E-state index >= 15 is 0 Å². The lowest BCUT2D eigenvalue weighted by atomic mass is 10.2. The van der Waals surface area contributed by atoms with Crippen LogP contribution in [0.15, 0.2) is 12.2 Å². The SMILES string of the molecule is CC(C)C=CCS. The van der Waals surface area contributed by atoms with Gasteiger partial charge in [0.15, 0.2) is 0 Å². The van der Waals surface area contributed by atoms with E-state index in [0.29, 0.717) is 5.92 Å². The Kier molecular flexibility index (Phi) is 4.31. The van der Waals surface area contributed by atoms with E-state index in [1.807, 2.05) is 0 Å². The van der Waals surface area contributed by atoms with Crippen LogP contribution in [0.2, 0.25) is 0 Å². The van der Waals surface area contributed by atoms with Crippen molar-refractivity contribution in [3.8, 4) is 0 Å². The van der Waals surface area contributed by atoms with E-state index in [2.05, 4.69) is 38.6 Å². The smallest absolute Gasteiger partial charge is 0.00826 e. The molecular weight excluding hydrogens is 104 g/mol. The van der Waals surface area contributed by atoms with Crippen LogP contribution in [0.4, 0.5) is 0 Å². The molecule has 0 bridgehead atoms. The third-order valence-corrected chi connectivity index (χ3v) is 0.837. The lowest BCUT2D eigenvalue weighted by molar-refractivity contribution is 0.830. The summed E-state index contributed by atoms with van der Waals surface area (Å²) in [5, 5.41) is 0. The summed E-state index contributed by atoms with van der Waals surface area (Å²) >= 11 is 4.01. The molecule has 0 fully saturated rings. The molecule has 0 unspecified atom stereocenters. The molecule has 0 aromatic carbocycles. The Hall–Kier alpha value is 0.0900. The Bertz CT molecular complexity index is 55.2. The van der Waals surface area contributed by atoms with E-state index in [9.17, 15) is 0 Å². The summed E-state index contributed by atoms with van der Waals surface area (Å²) in [7, 11) is 0. The first kappa shape index (κ1) is 7.09. The summed E-state index contributed by atoms with van der Waals surface area (Å²) in [6.07, 6.45) is 4.21. The predicted molar refractivity (Wildman–Crippen MR) is 37.8 cm³/mol. The molecule has 0 aliphatic carbocycles. The molecule has 0 aromatic heterocycles. The number of allylic oxidation sites excluding steroid dienone is 1. The number of hydrogen-bond donors (Lipinski definition) is 1. The number of rotatable bonds is 2. The average Bonchev–Trinajstić information content (AvgIpc) is 1.61. The fraction of sp³-hybridized carbons (Fsp3) is 0.667. The van der Waals surface area contributed by atoms with E-state index < -0.39 is 0 Å². The second kappa shape index (κ2) is 4.25. The van der Waals surface area contributed by atoms with Crippen LogP contribution in [0.5, 0.6) is 0 Å². The lowest BCUT2D eigenvalue weighted by Crippen LogP contribution is -1.75. The van der Waals surface area contributed by atoms with Crippen molar-refractivity contribution in [1.82, 2.24) is 0 Å². The topological polar surface area (TPSA) is 0 Å². The lowest BCUT2D eigenvalue weighted by Gasteiger charge is -1.88. The van der Waals surface area contributed by atoms with Gasteiger partial charge in [0.25, 0.3) is 0 Å². The minimum absolute atomic E-state index is 0.673. The summed E-state index contributed by atoms with van der Waals surface area (Å²) in [5.74, 6) is 1.53. The minimum Gasteiger partial charge on any atom is -0.175 e. The molecule has 0 aromatic rings. The van der Waals surface area contributed by atoms with Crippen LogP contribution < -0.4 is 0 Å². The van der Waals surface area contributed by atoms with Crippen molar-refractivity contribution in [3.05, 3.63) is 12.2 Å². The third kappa shape index (κ3) is 6.09. The van der Waals surface area contributed by atoms with Gasteiger partial charge in [0.05, 0.1) is 0 Å². The molecule has 0 nitrogen and oxygen atoms in total. The fourth-order valence-corrected chi connectivity index (χ4v) is 0.455. The Labute approximate surface area is 51.0 Å². The molecular formula is C6H12S. The van der Waals surface area contributed by atoms with E-state index in [4.69, 9.17) is 0 Å². The van der Waals surface area contributed by atoms with Crippen molar-refractivity contribution in [2.45, 2.75) is 13.8 Å². The predicted octanol–water partition coefficient (Wildman–Crippen LogP) is 2.13. The highest BCUT2D eigenvalue weighted by molar-refractivity contribution is 7.80. The maximum Gasteiger partial charge on any atom is 0.00826 e. The zero-order valence-electron chi connectivity index (χ0n) is 4.89. The van der Waals surface area contributed by atoms with Crippen molar-refractivity contribution < 1.29 is 0 Å². The minimum atomic E-state index is 0.673. The quantitative estimate of drug-likeness (QED) is 0.414. The maximum absolute atomic E-state index is 4.01. The molecule has 0 spiro atoms. The molecule has 7 heavy (non-hydrogen) atoms. The van der Waals surface area contributed by atoms with Gasteiger partial charge in [-0.2, -0.15) is 12.6 Å². The van der Waals surface area contributed by atoms with E-state index in [0.717, 1.165) is 5.75 Å². The van der Waals surface area contributed by atoms with Crippen molar-refractivity contribution in [2.75, 3.05) is 5.75 Å². The molecule has 0 rings (SSSR count). The number of thiol groups is 1. The average molecular weight is 116 g/mol. The first-order valence-electron chi connectivity index (χ1n) is 2.55. The van der Waals surface area contributed by atoms with Gasteiger partial charge >= 0.3 is 0 Å². The van der Waals surface area contributed by atoms with Gasteiger partial charge in [0.1, 0.15) is 0 Å². The summed E-state index contributed by atoms with van der Waals surface area (Å²) < 4.78 is 0. The second-order valence-corrected chi connectivity index (χ2v) is 2.22. The molecule has 0 saturated heterocycles. The molecule has 0 N–H and O–H groups in total. The Morgan fingerprint density at radius 2 is 2.14 bits per heavy atom. The van der Waals surface area contributed by atoms with Crippen LogP contribution >= 0.6 is 12.6 Å². The fourth-order valence-electron chi connectivity index (χ4n) is 0.333. The highest BCUT2D eigenvalue weighted by atomic mass is 32.1. The molecule has 0 aliphatic rings. The van der Waals surface area contributed by atoms with Crippen LogP contribution in [0.25, 0.3) is 0 Å². The molecule has 0 aliphatic heterocycles. The van der Waals surface area contributed by atoms with Gasteiger partial charge < -0.3 is 0 Å². The van der Waals surface area contributed by atoms with E-state index in [1.165, 1.54) is 0 Å². The zero-order valence-corrected chi connectivity index (χ0v) is 5.78. The maximum atomic E-state index is 4.01. The first-order chi connectivity index (χ1) is 3.27. The van der Waals surface area contributed by atoms with Crippen molar-refractivity contribution in [3.63, 3.8) is 0 Å². The summed E-state index contributed by atoms with van der Waals surface area (Å²) in [5.41, 5.74) is 0. The monoisotopic (exact) mass is 116 g/mol. The van der Waals surface area contributed by atoms with E-state index in [-0.39, 0.29) is 0 Å². The summed E-state index contributed by atoms with van der Waals surface area (Å²) in [6.45, 7) is 4.31. The zero-order chi connectivity index (χ0) is 5.70. The first-order valence-corrected chi connectivity index (χ1v) is 3.18. The van der Waals surface area contributed by atoms with Crippen LogP contribution in [0.3, 0.4) is 0 Å². The largest absolute Gasteiger partial charge is 0.175 e. The summed E-state index contributed by atoms with van der Waals surface area (Å²) in [4.78, 5) is 0. The highest BCUT2D eigenvalue weighted by Gasteiger charge is 1.78. The molecule has 0 radical (unpaired) electrons. The molecule has 42 valence electrons. The number of hydrogen-bond acceptors (Lipinski definition) is 1. The molecule has 0 atom stereocenters. The van der Waals surface area contributed by atoms with Crippen molar-refractivity contribution in [1.29, 1.82) is 0 Å². The Morgan fingerprint density at radius 1 is 1.57 bits per heavy atom. The van der Waals surface area contributed by atoms with Crippen molar-refractivity contribution >= 4 is 12.6 Å². The normalized spacial score (nSPS) is 11.4. The van der Waals surface area contributed by atoms with Crippen LogP contribution in [-0.4, -0.2) is 5.75 Å².